The molecule has 3 aromatic carbocycles. The first-order valence-corrected chi connectivity index (χ1v) is 42.5. The number of anilines is 4. The second-order valence-corrected chi connectivity index (χ2v) is 32.8. The molecule has 678 valence electrons. The van der Waals surface area contributed by atoms with Crippen LogP contribution in [-0.4, -0.2) is 270 Å². The van der Waals surface area contributed by atoms with Crippen molar-refractivity contribution in [3.63, 3.8) is 0 Å². The molecular weight excluding hydrogens is 1690 g/mol. The number of methoxy groups -OCH3 is 2. The maximum Gasteiger partial charge on any atom is 0.412 e. The van der Waals surface area contributed by atoms with Crippen molar-refractivity contribution in [2.24, 2.45) is 23.5 Å². The fourth-order valence-corrected chi connectivity index (χ4v) is 16.6. The van der Waals surface area contributed by atoms with Gasteiger partial charge >= 0.3 is 35.9 Å². The molecule has 0 aliphatic carbocycles. The number of benzene rings is 3. The van der Waals surface area contributed by atoms with Gasteiger partial charge < -0.3 is 113 Å². The summed E-state index contributed by atoms with van der Waals surface area (Å²) in [4.78, 5) is 218. The van der Waals surface area contributed by atoms with Crippen molar-refractivity contribution in [1.29, 1.82) is 5.41 Å². The SMILES string of the molecule is C=C1CC2CNc3cc(OCCCCCOc4cc(N)c(C(=O)N5CC(=C)C[C@H]5C5OCCN5C(=O)OCCSSC[C@H](CC(=O)[C@H](CC(=O)O)NC(=O)[C@H](CC(=O)O)CC(=O)[C@H](CCCNC(=N)N)NC(=O)[C@H](CC(=O)O)CC(=O)CC[C@H](NC(=O)c5ccc(NCc6cnc7nc(N)[nH]c(=O)c7n6)cc5)C(=O)O)C(=O)O)cc4OC)c(OC)cc3C(=O)N2C1. The molecule has 4 aliphatic heterocycles. The molecule has 9 rings (SSSR count). The third kappa shape index (κ3) is 27.3. The van der Waals surface area contributed by atoms with E-state index >= 15 is 0 Å². The van der Waals surface area contributed by atoms with E-state index in [1.54, 1.807) is 12.1 Å². The summed E-state index contributed by atoms with van der Waals surface area (Å²) in [5.41, 5.74) is 20.8. The number of carboxylic acids is 5. The Bertz CT molecular complexity index is 5020. The second-order valence-electron chi connectivity index (χ2n) is 30.2. The van der Waals surface area contributed by atoms with Gasteiger partial charge in [-0.1, -0.05) is 45.9 Å². The molecule has 4 aliphatic rings. The van der Waals surface area contributed by atoms with Crippen molar-refractivity contribution >= 4 is 145 Å². The summed E-state index contributed by atoms with van der Waals surface area (Å²) in [6, 6.07) is 6.08. The summed E-state index contributed by atoms with van der Waals surface area (Å²) in [6.45, 7) is 9.94. The number of nitrogens with two attached hydrogens (primary N) is 3. The molecule has 9 atom stereocenters. The van der Waals surface area contributed by atoms with Crippen LogP contribution in [0.2, 0.25) is 0 Å². The van der Waals surface area contributed by atoms with E-state index in [1.165, 1.54) is 66.6 Å². The van der Waals surface area contributed by atoms with Crippen LogP contribution in [0.1, 0.15) is 133 Å². The maximum atomic E-state index is 14.5. The highest BCUT2D eigenvalue weighted by Crippen LogP contribution is 2.40. The fourth-order valence-electron chi connectivity index (χ4n) is 14.4. The molecule has 6 heterocycles. The lowest BCUT2D eigenvalue weighted by Crippen LogP contribution is -2.51. The summed E-state index contributed by atoms with van der Waals surface area (Å²) in [5, 5.41) is 73.2. The van der Waals surface area contributed by atoms with E-state index in [9.17, 15) is 97.5 Å². The minimum atomic E-state index is -1.99. The Kier molecular flexibility index (Phi) is 35.1. The third-order valence-corrected chi connectivity index (χ3v) is 23.3. The average molecular weight is 1790 g/mol. The van der Waals surface area contributed by atoms with Crippen LogP contribution in [0.15, 0.2) is 83.8 Å². The normalized spacial score (nSPS) is 16.7. The van der Waals surface area contributed by atoms with E-state index in [0.29, 0.717) is 84.4 Å². The number of aliphatic carboxylic acids is 5. The quantitative estimate of drug-likeness (QED) is 0.00662. The number of aromatic amines is 1. The number of fused-ring (bicyclic) bond motifs is 3. The fraction of sp³-hybridized carbons (Fsp3) is 0.469. The lowest BCUT2D eigenvalue weighted by atomic mass is 9.90. The van der Waals surface area contributed by atoms with E-state index in [4.69, 9.17) is 51.0 Å². The first kappa shape index (κ1) is 96.5. The minimum absolute atomic E-state index is 0.00309. The van der Waals surface area contributed by atoms with Crippen LogP contribution >= 0.6 is 21.6 Å². The van der Waals surface area contributed by atoms with Crippen LogP contribution in [0.5, 0.6) is 23.0 Å². The lowest BCUT2D eigenvalue weighted by molar-refractivity contribution is -0.145. The molecule has 0 radical (unpaired) electrons. The number of amides is 6. The standard InChI is InChI=1S/C81H101N17O26S2/c1-41-23-49-37-88-56-33-64(62(120-4)31-52(56)75(113)97(49)38-41)122-19-7-5-6-18-121-63-32-53(82)51(30-61(63)119-3)74(112)98-39-42(2)24-58(98)76-96(17-20-123-76)81(118)124-21-22-125-126-40-46(77(114)115)27-60(101)57(34-67(106)107)93-72(110)45(29-66(104)105)26-59(100)54(9-8-16-86-79(83)84)91-71(109)44(28-65(102)103)25-50(99)14-15-55(78(116)117)92-70(108)43-10-12-47(13-11-43)87-35-48-36-89-69-68(90-48)73(111)95-80(85)94-69/h10-13,30-33,36,44-46,49,54-55,57-58,76,87-88H,1-2,5-9,14-29,34-35,37-40,82H2,3-4H3,(H,91,109)(H,92,108)(H,93,110)(H,102,103)(H,104,105)(H,106,107)(H,114,115)(H,116,117)(H4,83,84,86)(H3,85,89,94,95,111)/t44-,45-,46-,49?,54-,55-,57-,58-,76?/m0/s1. The molecule has 0 bridgehead atoms. The molecule has 19 N–H and O–H groups in total. The van der Waals surface area contributed by atoms with E-state index in [2.05, 4.69) is 65.0 Å². The first-order valence-electron chi connectivity index (χ1n) is 40.0. The van der Waals surface area contributed by atoms with Crippen LogP contribution in [0.3, 0.4) is 0 Å². The zero-order chi connectivity index (χ0) is 91.6. The molecule has 126 heavy (non-hydrogen) atoms. The first-order chi connectivity index (χ1) is 60.1. The molecule has 3 fully saturated rings. The Hall–Kier alpha value is -13.3. The molecule has 45 heteroatoms. The molecule has 0 saturated carbocycles. The number of guanidine groups is 1. The summed E-state index contributed by atoms with van der Waals surface area (Å²) in [6.07, 6.45) is -5.07. The topological polar surface area (TPSA) is 651 Å². The van der Waals surface area contributed by atoms with Crippen molar-refractivity contribution in [2.75, 3.05) is 107 Å². The van der Waals surface area contributed by atoms with Crippen LogP contribution < -0.4 is 73.6 Å². The number of likely N-dealkylation sites (tertiary alicyclic amines) is 1. The summed E-state index contributed by atoms with van der Waals surface area (Å²) in [7, 11) is 4.94. The van der Waals surface area contributed by atoms with Gasteiger partial charge in [0.15, 0.2) is 57.9 Å². The number of rotatable bonds is 50. The van der Waals surface area contributed by atoms with Gasteiger partial charge in [-0.15, -0.1) is 0 Å². The number of aromatic nitrogens is 4. The number of carboxylic acid groups (broad SMARTS) is 5. The Labute approximate surface area is 728 Å². The highest BCUT2D eigenvalue weighted by Gasteiger charge is 2.46. The van der Waals surface area contributed by atoms with Gasteiger partial charge in [-0.25, -0.2) is 19.6 Å². The molecule has 43 nitrogen and oxygen atoms in total. The number of carbonyl (C=O) groups is 14. The van der Waals surface area contributed by atoms with Gasteiger partial charge in [0, 0.05) is 92.4 Å². The highest BCUT2D eigenvalue weighted by molar-refractivity contribution is 8.76. The zero-order valence-corrected chi connectivity index (χ0v) is 70.6. The van der Waals surface area contributed by atoms with E-state index in [-0.39, 0.29) is 128 Å². The van der Waals surface area contributed by atoms with Gasteiger partial charge in [0.2, 0.25) is 17.8 Å². The van der Waals surface area contributed by atoms with Gasteiger partial charge in [0.1, 0.15) is 18.4 Å². The number of hydrogen-bond acceptors (Lipinski definition) is 31. The second kappa shape index (κ2) is 45.9. The number of Topliss-reactive ketones (excluding diaryl/α,β-unsaturated/α-hetero) is 3. The monoisotopic (exact) mass is 1790 g/mol. The summed E-state index contributed by atoms with van der Waals surface area (Å²) < 4.78 is 35.1. The van der Waals surface area contributed by atoms with Gasteiger partial charge in [-0.2, -0.15) is 4.98 Å². The Balaban J connectivity index is 0.720. The largest absolute Gasteiger partial charge is 0.493 e. The molecule has 0 spiro atoms. The molecule has 6 amide bonds. The van der Waals surface area contributed by atoms with Gasteiger partial charge in [-0.3, -0.25) is 77.6 Å². The Morgan fingerprint density at radius 2 is 1.33 bits per heavy atom. The number of hydrogen-bond donors (Lipinski definition) is 16. The Morgan fingerprint density at radius 1 is 0.690 bits per heavy atom. The van der Waals surface area contributed by atoms with Crippen LogP contribution in [0.25, 0.3) is 11.2 Å². The van der Waals surface area contributed by atoms with Crippen molar-refractivity contribution in [3.8, 4) is 23.0 Å². The summed E-state index contributed by atoms with van der Waals surface area (Å²) >= 11 is 0. The van der Waals surface area contributed by atoms with Crippen LogP contribution in [0.4, 0.5) is 27.8 Å². The smallest absolute Gasteiger partial charge is 0.412 e. The molecular formula is C81H101N17O26S2. The van der Waals surface area contributed by atoms with E-state index in [1.807, 2.05) is 4.90 Å². The van der Waals surface area contributed by atoms with Crippen molar-refractivity contribution < 1.29 is 121 Å². The minimum Gasteiger partial charge on any atom is -0.493 e. The predicted molar refractivity (Wildman–Crippen MR) is 455 cm³/mol. The lowest BCUT2D eigenvalue weighted by Gasteiger charge is -2.33. The van der Waals surface area contributed by atoms with E-state index < -0.39 is 188 Å². The van der Waals surface area contributed by atoms with Crippen molar-refractivity contribution in [3.05, 3.63) is 112 Å². The van der Waals surface area contributed by atoms with E-state index in [0.717, 1.165) is 33.6 Å². The number of nitrogen functional groups attached to an aromatic ring is 2. The Morgan fingerprint density at radius 3 is 1.99 bits per heavy atom. The number of unbranched alkanes of at least 4 members (excludes halogenated alkanes) is 2. The summed E-state index contributed by atoms with van der Waals surface area (Å²) in [5.74, 6) is -19.6. The van der Waals surface area contributed by atoms with Crippen LogP contribution in [-0.2, 0) is 64.0 Å². The van der Waals surface area contributed by atoms with Crippen molar-refractivity contribution in [1.82, 2.24) is 55.9 Å². The number of H-pyrrole nitrogens is 1. The third-order valence-electron chi connectivity index (χ3n) is 20.8. The number of nitrogens with zero attached hydrogens (tertiary/aromatic N) is 6. The highest BCUT2D eigenvalue weighted by atomic mass is 33.1. The molecule has 5 aromatic rings. The zero-order valence-electron chi connectivity index (χ0n) is 68.9. The van der Waals surface area contributed by atoms with Gasteiger partial charge in [0.05, 0.1) is 137 Å². The molecule has 2 unspecified atom stereocenters. The number of ketones is 3. The predicted octanol–water partition coefficient (Wildman–Crippen LogP) is 3.41. The number of nitrogens with one attached hydrogen (secondary N) is 8. The van der Waals surface area contributed by atoms with Gasteiger partial charge in [-0.05, 0) is 87.8 Å². The average Bonchev–Trinajstić information content (AvgIpc) is 1.71. The van der Waals surface area contributed by atoms with Crippen LogP contribution in [0, 0.1) is 23.2 Å². The number of carbonyl (C=O) groups excluding carboxylic acids is 9. The number of ether oxygens (including phenoxy) is 6. The molecule has 2 aromatic heterocycles. The maximum absolute atomic E-state index is 14.5. The van der Waals surface area contributed by atoms with Gasteiger partial charge in [0.25, 0.3) is 23.3 Å². The van der Waals surface area contributed by atoms with Crippen molar-refractivity contribution in [2.45, 2.75) is 139 Å². The molecule has 3 saturated heterocycles.